The molecule has 0 radical (unpaired) electrons. The van der Waals surface area contributed by atoms with E-state index in [-0.39, 0.29) is 0 Å². The predicted octanol–water partition coefficient (Wildman–Crippen LogP) is 4.34. The van der Waals surface area contributed by atoms with Gasteiger partial charge in [-0.15, -0.1) is 0 Å². The van der Waals surface area contributed by atoms with Gasteiger partial charge in [0.15, 0.2) is 44.0 Å². The highest BCUT2D eigenvalue weighted by atomic mass is 16.9. The van der Waals surface area contributed by atoms with Crippen molar-refractivity contribution in [1.29, 1.82) is 0 Å². The number of hydrogen-bond donors (Lipinski definition) is 0. The highest BCUT2D eigenvalue weighted by Gasteiger charge is 2.55. The summed E-state index contributed by atoms with van der Waals surface area (Å²) in [4.78, 5) is 12.8. The topological polar surface area (TPSA) is 100 Å². The van der Waals surface area contributed by atoms with E-state index in [4.69, 9.17) is 42.6 Å². The quantitative estimate of drug-likeness (QED) is 0.130. The molecule has 0 aliphatic heterocycles. The maximum Gasteiger partial charge on any atom is 0.260 e. The van der Waals surface area contributed by atoms with Crippen LogP contribution in [0.2, 0.25) is 0 Å². The van der Waals surface area contributed by atoms with Crippen molar-refractivity contribution in [3.8, 4) is 0 Å². The Morgan fingerprint density at radius 2 is 1.03 bits per heavy atom. The molecule has 0 aliphatic carbocycles. The zero-order valence-electron chi connectivity index (χ0n) is 23.0. The molecule has 10 heteroatoms. The number of aldehydes is 1. The Morgan fingerprint density at radius 1 is 0.647 bits per heavy atom. The Hall–Kier alpha value is -0.690. The normalized spacial score (nSPS) is 21.0. The third-order valence-electron chi connectivity index (χ3n) is 5.40. The van der Waals surface area contributed by atoms with E-state index in [0.29, 0.717) is 12.7 Å². The molecule has 0 aromatic heterocycles. The first-order chi connectivity index (χ1) is 15.9. The van der Waals surface area contributed by atoms with Crippen LogP contribution in [-0.2, 0) is 47.4 Å². The van der Waals surface area contributed by atoms with Gasteiger partial charge in [-0.1, -0.05) is 26.2 Å². The first-order valence-electron chi connectivity index (χ1n) is 12.0. The molecular formula is C24H48O10. The van der Waals surface area contributed by atoms with E-state index in [1.165, 1.54) is 21.3 Å². The van der Waals surface area contributed by atoms with Gasteiger partial charge in [-0.05, 0) is 54.9 Å². The summed E-state index contributed by atoms with van der Waals surface area (Å²) in [5.41, 5.74) is -1.28. The van der Waals surface area contributed by atoms with Gasteiger partial charge in [-0.3, -0.25) is 4.79 Å². The largest absolute Gasteiger partial charge is 0.356 e. The lowest BCUT2D eigenvalue weighted by Crippen LogP contribution is -2.62. The zero-order chi connectivity index (χ0) is 26.4. The summed E-state index contributed by atoms with van der Waals surface area (Å²) in [7, 11) is 4.56. The molecule has 0 N–H and O–H groups in total. The Balaban J connectivity index is 6.20. The van der Waals surface area contributed by atoms with E-state index < -0.39 is 49.1 Å². The minimum Gasteiger partial charge on any atom is -0.356 e. The number of rotatable bonds is 21. The van der Waals surface area contributed by atoms with Gasteiger partial charge in [0, 0.05) is 21.3 Å². The lowest BCUT2D eigenvalue weighted by molar-refractivity contribution is -0.408. The van der Waals surface area contributed by atoms with Crippen LogP contribution < -0.4 is 0 Å². The maximum absolute atomic E-state index is 12.8. The van der Waals surface area contributed by atoms with Crippen molar-refractivity contribution < 1.29 is 47.4 Å². The summed E-state index contributed by atoms with van der Waals surface area (Å²) in [5.74, 6) is -1.91. The summed E-state index contributed by atoms with van der Waals surface area (Å²) < 4.78 is 51.3. The molecule has 0 saturated heterocycles. The monoisotopic (exact) mass is 496 g/mol. The van der Waals surface area contributed by atoms with Crippen LogP contribution in [0.4, 0.5) is 0 Å². The van der Waals surface area contributed by atoms with Crippen LogP contribution >= 0.6 is 0 Å². The molecule has 0 spiro atoms. The van der Waals surface area contributed by atoms with Crippen LogP contribution in [0.25, 0.3) is 0 Å². The summed E-state index contributed by atoms with van der Waals surface area (Å²) in [6.45, 7) is 14.1. The standard InChI is InChI=1S/C24H48O10/c1-12-13-14-15-23(8,32-20(5)29-17(2)26-9)24(16-25,33-21(6)30-18(3)27-10)34-22(7)31-19(4)28-11/h16-22H,12-15H2,1-11H3. The first kappa shape index (κ1) is 33.3. The molecule has 0 fully saturated rings. The summed E-state index contributed by atoms with van der Waals surface area (Å²) in [6.07, 6.45) is -0.467. The molecule has 0 aliphatic rings. The number of unbranched alkanes of at least 4 members (excludes halogenated alkanes) is 2. The van der Waals surface area contributed by atoms with Crippen LogP contribution in [0.5, 0.6) is 0 Å². The molecular weight excluding hydrogens is 448 g/mol. The fraction of sp³-hybridized carbons (Fsp3) is 0.958. The fourth-order valence-corrected chi connectivity index (χ4v) is 3.40. The van der Waals surface area contributed by atoms with Crippen LogP contribution in [0.1, 0.15) is 81.1 Å². The second kappa shape index (κ2) is 16.9. The Kier molecular flexibility index (Phi) is 16.5. The fourth-order valence-electron chi connectivity index (χ4n) is 3.40. The molecule has 0 aromatic rings. The van der Waals surface area contributed by atoms with E-state index >= 15 is 0 Å². The summed E-state index contributed by atoms with van der Waals surface area (Å²) in [6, 6.07) is 0. The Morgan fingerprint density at radius 3 is 1.35 bits per heavy atom. The van der Waals surface area contributed by atoms with Crippen molar-refractivity contribution in [3.05, 3.63) is 0 Å². The molecule has 204 valence electrons. The van der Waals surface area contributed by atoms with Crippen LogP contribution in [0.3, 0.4) is 0 Å². The van der Waals surface area contributed by atoms with Crippen molar-refractivity contribution in [2.24, 2.45) is 0 Å². The lowest BCUT2D eigenvalue weighted by atomic mass is 9.88. The molecule has 0 heterocycles. The van der Waals surface area contributed by atoms with Gasteiger partial charge in [0.1, 0.15) is 5.60 Å². The van der Waals surface area contributed by atoms with Gasteiger partial charge in [-0.25, -0.2) is 0 Å². The van der Waals surface area contributed by atoms with E-state index in [1.54, 1.807) is 48.5 Å². The van der Waals surface area contributed by atoms with Crippen molar-refractivity contribution >= 4 is 6.29 Å². The summed E-state index contributed by atoms with van der Waals surface area (Å²) in [5, 5.41) is 0. The number of ether oxygens (including phenoxy) is 9. The summed E-state index contributed by atoms with van der Waals surface area (Å²) >= 11 is 0. The van der Waals surface area contributed by atoms with Crippen LogP contribution in [0, 0.1) is 0 Å². The first-order valence-corrected chi connectivity index (χ1v) is 12.0. The molecule has 0 rings (SSSR count). The molecule has 0 amide bonds. The molecule has 7 atom stereocenters. The third-order valence-corrected chi connectivity index (χ3v) is 5.40. The Bertz CT molecular complexity index is 514. The third kappa shape index (κ3) is 11.4. The smallest absolute Gasteiger partial charge is 0.260 e. The van der Waals surface area contributed by atoms with Crippen molar-refractivity contribution in [2.45, 2.75) is 130 Å². The second-order valence-corrected chi connectivity index (χ2v) is 8.35. The number of carbonyl (C=O) groups is 1. The van der Waals surface area contributed by atoms with Gasteiger partial charge in [0.25, 0.3) is 5.79 Å². The average Bonchev–Trinajstić information content (AvgIpc) is 2.77. The second-order valence-electron chi connectivity index (χ2n) is 8.35. The van der Waals surface area contributed by atoms with E-state index in [2.05, 4.69) is 6.92 Å². The minimum absolute atomic E-state index is 0.438. The molecule has 0 aromatic carbocycles. The van der Waals surface area contributed by atoms with Crippen LogP contribution in [0.15, 0.2) is 0 Å². The van der Waals surface area contributed by atoms with Gasteiger partial charge in [0.2, 0.25) is 0 Å². The number of carbonyl (C=O) groups excluding carboxylic acids is 1. The van der Waals surface area contributed by atoms with Gasteiger partial charge in [0.05, 0.1) is 0 Å². The van der Waals surface area contributed by atoms with Gasteiger partial charge in [-0.2, -0.15) is 0 Å². The van der Waals surface area contributed by atoms with E-state index in [1.807, 2.05) is 0 Å². The number of hydrogen-bond acceptors (Lipinski definition) is 10. The molecule has 10 nitrogen and oxygen atoms in total. The maximum atomic E-state index is 12.8. The zero-order valence-corrected chi connectivity index (χ0v) is 23.0. The van der Waals surface area contributed by atoms with Crippen molar-refractivity contribution in [3.63, 3.8) is 0 Å². The highest BCUT2D eigenvalue weighted by molar-refractivity contribution is 5.63. The van der Waals surface area contributed by atoms with Crippen LogP contribution in [-0.4, -0.2) is 76.7 Å². The van der Waals surface area contributed by atoms with Gasteiger partial charge < -0.3 is 42.6 Å². The molecule has 0 bridgehead atoms. The molecule has 0 saturated carbocycles. The molecule has 34 heavy (non-hydrogen) atoms. The van der Waals surface area contributed by atoms with Gasteiger partial charge >= 0.3 is 0 Å². The minimum atomic E-state index is -1.91. The average molecular weight is 497 g/mol. The van der Waals surface area contributed by atoms with Crippen molar-refractivity contribution in [1.82, 2.24) is 0 Å². The van der Waals surface area contributed by atoms with E-state index in [9.17, 15) is 4.79 Å². The predicted molar refractivity (Wildman–Crippen MR) is 126 cm³/mol. The SMILES string of the molecule is CCCCCC(C)(OC(C)OC(C)OC)C(C=O)(OC(C)OC(C)OC)OC(C)OC(C)OC. The van der Waals surface area contributed by atoms with E-state index in [0.717, 1.165) is 19.3 Å². The molecule has 7 unspecified atom stereocenters. The number of methoxy groups -OCH3 is 3. The highest BCUT2D eigenvalue weighted by Crippen LogP contribution is 2.38. The lowest BCUT2D eigenvalue weighted by Gasteiger charge is -2.47. The van der Waals surface area contributed by atoms with Crippen molar-refractivity contribution in [2.75, 3.05) is 21.3 Å². The Labute approximate surface area is 205 Å².